The zero-order valence-corrected chi connectivity index (χ0v) is 20.1. The average Bonchev–Trinajstić information content (AvgIpc) is 2.83. The lowest BCUT2D eigenvalue weighted by molar-refractivity contribution is -0.119. The number of ether oxygens (including phenoxy) is 2. The number of carbonyl (C=O) groups excluding carboxylic acids is 1. The van der Waals surface area contributed by atoms with Gasteiger partial charge in [-0.1, -0.05) is 6.07 Å². The van der Waals surface area contributed by atoms with Gasteiger partial charge in [-0.25, -0.2) is 12.8 Å². The van der Waals surface area contributed by atoms with Crippen LogP contribution in [0.3, 0.4) is 0 Å². The lowest BCUT2D eigenvalue weighted by atomic mass is 10.1. The van der Waals surface area contributed by atoms with Crippen LogP contribution in [0.2, 0.25) is 0 Å². The molecule has 0 unspecified atom stereocenters. The molecule has 0 saturated carbocycles. The Morgan fingerprint density at radius 1 is 0.941 bits per heavy atom. The number of sulfonamides is 1. The Labute approximate surface area is 199 Å². The minimum atomic E-state index is -4.11. The van der Waals surface area contributed by atoms with Gasteiger partial charge in [0.15, 0.2) is 0 Å². The number of aryl methyl sites for hydroxylation is 2. The smallest absolute Gasteiger partial charge is 0.264 e. The Bertz CT molecular complexity index is 1230. The summed E-state index contributed by atoms with van der Waals surface area (Å²) in [5.74, 6) is 0.143. The summed E-state index contributed by atoms with van der Waals surface area (Å²) in [7, 11) is -2.63. The van der Waals surface area contributed by atoms with E-state index in [2.05, 4.69) is 5.32 Å². The van der Waals surface area contributed by atoms with Gasteiger partial charge >= 0.3 is 0 Å². The Morgan fingerprint density at radius 2 is 1.59 bits per heavy atom. The number of hydrogen-bond donors (Lipinski definition) is 1. The van der Waals surface area contributed by atoms with E-state index in [9.17, 15) is 17.6 Å². The van der Waals surface area contributed by atoms with Crippen LogP contribution < -0.4 is 19.1 Å². The number of amides is 1. The van der Waals surface area contributed by atoms with E-state index in [1.165, 1.54) is 43.5 Å². The van der Waals surface area contributed by atoms with Crippen molar-refractivity contribution in [3.8, 4) is 11.5 Å². The molecule has 3 aromatic rings. The van der Waals surface area contributed by atoms with Gasteiger partial charge in [0.2, 0.25) is 5.91 Å². The second-order valence-electron chi connectivity index (χ2n) is 7.61. The van der Waals surface area contributed by atoms with Crippen molar-refractivity contribution in [3.63, 3.8) is 0 Å². The topological polar surface area (TPSA) is 84.9 Å². The molecule has 1 amide bonds. The first-order valence-electron chi connectivity index (χ1n) is 10.6. The van der Waals surface area contributed by atoms with Gasteiger partial charge in [-0.2, -0.15) is 0 Å². The quantitative estimate of drug-likeness (QED) is 0.440. The van der Waals surface area contributed by atoms with Crippen LogP contribution in [0.25, 0.3) is 0 Å². The lowest BCUT2D eigenvalue weighted by Crippen LogP contribution is -2.41. The summed E-state index contributed by atoms with van der Waals surface area (Å²) >= 11 is 0. The highest BCUT2D eigenvalue weighted by Gasteiger charge is 2.27. The van der Waals surface area contributed by atoms with Gasteiger partial charge in [0.25, 0.3) is 10.0 Å². The van der Waals surface area contributed by atoms with Crippen molar-refractivity contribution in [1.29, 1.82) is 0 Å². The fraction of sp³-hybridized carbons (Fsp3) is 0.240. The van der Waals surface area contributed by atoms with Gasteiger partial charge in [-0.05, 0) is 85.6 Å². The predicted molar refractivity (Wildman–Crippen MR) is 128 cm³/mol. The fourth-order valence-electron chi connectivity index (χ4n) is 3.15. The Balaban J connectivity index is 1.70. The highest BCUT2D eigenvalue weighted by molar-refractivity contribution is 7.92. The molecule has 0 fully saturated rings. The summed E-state index contributed by atoms with van der Waals surface area (Å²) < 4.78 is 51.7. The van der Waals surface area contributed by atoms with Crippen molar-refractivity contribution in [2.45, 2.75) is 18.7 Å². The Kier molecular flexibility index (Phi) is 8.12. The van der Waals surface area contributed by atoms with Crippen LogP contribution in [0, 0.1) is 19.7 Å². The van der Waals surface area contributed by atoms with Crippen LogP contribution in [0.1, 0.15) is 11.1 Å². The molecule has 1 N–H and O–H groups in total. The third kappa shape index (κ3) is 6.26. The van der Waals surface area contributed by atoms with E-state index >= 15 is 0 Å². The Morgan fingerprint density at radius 3 is 2.21 bits per heavy atom. The zero-order chi connectivity index (χ0) is 24.7. The van der Waals surface area contributed by atoms with Crippen molar-refractivity contribution in [2.75, 3.05) is 31.1 Å². The molecule has 0 aromatic heterocycles. The van der Waals surface area contributed by atoms with Gasteiger partial charge in [-0.15, -0.1) is 0 Å². The zero-order valence-electron chi connectivity index (χ0n) is 19.2. The van der Waals surface area contributed by atoms with Crippen LogP contribution in [0.15, 0.2) is 71.6 Å². The third-order valence-corrected chi connectivity index (χ3v) is 7.01. The number of rotatable bonds is 10. The molecule has 0 aliphatic heterocycles. The summed E-state index contributed by atoms with van der Waals surface area (Å²) in [5, 5.41) is 2.67. The molecule has 7 nitrogen and oxygen atoms in total. The van der Waals surface area contributed by atoms with Crippen molar-refractivity contribution in [3.05, 3.63) is 83.7 Å². The number of methoxy groups -OCH3 is 1. The van der Waals surface area contributed by atoms with Crippen LogP contribution in [-0.2, 0) is 14.8 Å². The average molecular weight is 487 g/mol. The van der Waals surface area contributed by atoms with E-state index in [4.69, 9.17) is 9.47 Å². The first-order chi connectivity index (χ1) is 16.2. The molecular weight excluding hydrogens is 459 g/mol. The van der Waals surface area contributed by atoms with Crippen LogP contribution >= 0.6 is 0 Å². The summed E-state index contributed by atoms with van der Waals surface area (Å²) in [4.78, 5) is 12.6. The molecule has 9 heteroatoms. The largest absolute Gasteiger partial charge is 0.497 e. The monoisotopic (exact) mass is 486 g/mol. The molecular formula is C25H27FN2O5S. The highest BCUT2D eigenvalue weighted by atomic mass is 32.2. The SMILES string of the molecule is COc1ccc(S(=O)(=O)N(CC(=O)NCCOc2ccc(C)c(C)c2)c2ccc(F)cc2)cc1. The molecule has 0 heterocycles. The number of nitrogens with zero attached hydrogens (tertiary/aromatic N) is 1. The second kappa shape index (κ2) is 11.0. The maximum Gasteiger partial charge on any atom is 0.264 e. The first kappa shape index (κ1) is 25.0. The first-order valence-corrected chi connectivity index (χ1v) is 12.0. The molecule has 3 rings (SSSR count). The van der Waals surface area contributed by atoms with Crippen LogP contribution in [0.4, 0.5) is 10.1 Å². The number of anilines is 1. The van der Waals surface area contributed by atoms with Crippen molar-refractivity contribution < 1.29 is 27.1 Å². The van der Waals surface area contributed by atoms with Crippen LogP contribution in [0.5, 0.6) is 11.5 Å². The van der Waals surface area contributed by atoms with Crippen LogP contribution in [-0.4, -0.2) is 41.1 Å². The van der Waals surface area contributed by atoms with E-state index in [1.807, 2.05) is 32.0 Å². The molecule has 0 aliphatic carbocycles. The normalized spacial score (nSPS) is 11.1. The standard InChI is InChI=1S/C25H27FN2O5S/c1-18-4-9-23(16-19(18)2)33-15-14-27-25(29)17-28(21-7-5-20(26)6-8-21)34(30,31)24-12-10-22(32-3)11-13-24/h4-13,16H,14-15,17H2,1-3H3,(H,27,29). The summed E-state index contributed by atoms with van der Waals surface area (Å²) in [6.07, 6.45) is 0. The van der Waals surface area contributed by atoms with E-state index < -0.39 is 28.3 Å². The number of nitrogens with one attached hydrogen (secondary N) is 1. The van der Waals surface area contributed by atoms with E-state index in [1.54, 1.807) is 0 Å². The second-order valence-corrected chi connectivity index (χ2v) is 9.47. The summed E-state index contributed by atoms with van der Waals surface area (Å²) in [6, 6.07) is 16.4. The van der Waals surface area contributed by atoms with Gasteiger partial charge in [0.1, 0.15) is 30.5 Å². The van der Waals surface area contributed by atoms with Gasteiger partial charge < -0.3 is 14.8 Å². The number of hydrogen-bond acceptors (Lipinski definition) is 5. The summed E-state index contributed by atoms with van der Waals surface area (Å²) in [6.45, 7) is 3.91. The predicted octanol–water partition coefficient (Wildman–Crippen LogP) is 3.84. The maximum absolute atomic E-state index is 13.4. The van der Waals surface area contributed by atoms with E-state index in [0.717, 1.165) is 27.6 Å². The molecule has 34 heavy (non-hydrogen) atoms. The molecule has 0 aliphatic rings. The van der Waals surface area contributed by atoms with Gasteiger partial charge in [0, 0.05) is 0 Å². The molecule has 3 aromatic carbocycles. The summed E-state index contributed by atoms with van der Waals surface area (Å²) in [5.41, 5.74) is 2.42. The van der Waals surface area contributed by atoms with Crippen molar-refractivity contribution in [2.24, 2.45) is 0 Å². The molecule has 0 spiro atoms. The molecule has 0 radical (unpaired) electrons. The maximum atomic E-state index is 13.4. The van der Waals surface area contributed by atoms with Crippen molar-refractivity contribution in [1.82, 2.24) is 5.32 Å². The molecule has 0 bridgehead atoms. The molecule has 180 valence electrons. The van der Waals surface area contributed by atoms with Gasteiger partial charge in [0.05, 0.1) is 24.2 Å². The Hall–Kier alpha value is -3.59. The lowest BCUT2D eigenvalue weighted by Gasteiger charge is -2.24. The van der Waals surface area contributed by atoms with E-state index in [0.29, 0.717) is 11.5 Å². The molecule has 0 saturated heterocycles. The number of carbonyl (C=O) groups is 1. The van der Waals surface area contributed by atoms with Gasteiger partial charge in [-0.3, -0.25) is 9.10 Å². The minimum Gasteiger partial charge on any atom is -0.497 e. The number of halogens is 1. The minimum absolute atomic E-state index is 0.0245. The fourth-order valence-corrected chi connectivity index (χ4v) is 4.57. The highest BCUT2D eigenvalue weighted by Crippen LogP contribution is 2.25. The number of benzene rings is 3. The van der Waals surface area contributed by atoms with Crippen molar-refractivity contribution >= 4 is 21.6 Å². The molecule has 0 atom stereocenters. The van der Waals surface area contributed by atoms with E-state index in [-0.39, 0.29) is 23.7 Å². The third-order valence-electron chi connectivity index (χ3n) is 5.22.